The van der Waals surface area contributed by atoms with Crippen molar-refractivity contribution in [1.82, 2.24) is 9.38 Å². The van der Waals surface area contributed by atoms with Crippen molar-refractivity contribution in [2.24, 2.45) is 0 Å². The van der Waals surface area contributed by atoms with Crippen LogP contribution in [-0.4, -0.2) is 36.9 Å². The predicted molar refractivity (Wildman–Crippen MR) is 127 cm³/mol. The van der Waals surface area contributed by atoms with Crippen LogP contribution in [0.4, 0.5) is 11.4 Å². The lowest BCUT2D eigenvalue weighted by Gasteiger charge is -2.12. The van der Waals surface area contributed by atoms with Crippen LogP contribution < -0.4 is 19.5 Å². The summed E-state index contributed by atoms with van der Waals surface area (Å²) in [5.74, 6) is 0.571. The molecule has 0 radical (unpaired) electrons. The summed E-state index contributed by atoms with van der Waals surface area (Å²) in [7, 11) is -3.84. The van der Waals surface area contributed by atoms with Gasteiger partial charge in [-0.15, -0.1) is 0 Å². The molecular formula is C24H22N4O5S. The van der Waals surface area contributed by atoms with E-state index in [1.54, 1.807) is 36.5 Å². The fourth-order valence-corrected chi connectivity index (χ4v) is 4.67. The maximum atomic E-state index is 12.8. The van der Waals surface area contributed by atoms with Crippen molar-refractivity contribution in [2.45, 2.75) is 18.2 Å². The van der Waals surface area contributed by atoms with Gasteiger partial charge in [0.2, 0.25) is 0 Å². The molecule has 5 rings (SSSR count). The minimum Gasteiger partial charge on any atom is -0.490 e. The lowest BCUT2D eigenvalue weighted by Crippen LogP contribution is -2.14. The SMILES string of the molecule is Cc1cccc2nc(C(=O)Nc3ccc(NS(=O)(=O)c4ccc5c(c4)OCCCO5)cc3)cn12. The standard InChI is InChI=1S/C24H22N4O5S/c1-16-4-2-5-23-26-20(15-28(16)23)24(29)25-17-6-8-18(9-7-17)27-34(30,31)19-10-11-21-22(14-19)33-13-3-12-32-21/h2,4-11,14-15,27H,3,12-13H2,1H3,(H,25,29). The van der Waals surface area contributed by atoms with Gasteiger partial charge in [-0.05, 0) is 55.5 Å². The molecule has 2 N–H and O–H groups in total. The van der Waals surface area contributed by atoms with Crippen LogP contribution in [0.25, 0.3) is 5.65 Å². The highest BCUT2D eigenvalue weighted by Gasteiger charge is 2.19. The average Bonchev–Trinajstić information content (AvgIpc) is 3.13. The zero-order valence-corrected chi connectivity index (χ0v) is 19.1. The predicted octanol–water partition coefficient (Wildman–Crippen LogP) is 3.86. The first-order chi connectivity index (χ1) is 16.4. The average molecular weight is 479 g/mol. The molecule has 0 atom stereocenters. The molecular weight excluding hydrogens is 456 g/mol. The number of ether oxygens (including phenoxy) is 2. The lowest BCUT2D eigenvalue weighted by atomic mass is 10.3. The zero-order chi connectivity index (χ0) is 23.7. The number of pyridine rings is 1. The largest absolute Gasteiger partial charge is 0.490 e. The summed E-state index contributed by atoms with van der Waals surface area (Å²) in [4.78, 5) is 17.0. The highest BCUT2D eigenvalue weighted by molar-refractivity contribution is 7.92. The monoisotopic (exact) mass is 478 g/mol. The molecule has 0 bridgehead atoms. The molecule has 1 aliphatic rings. The van der Waals surface area contributed by atoms with Gasteiger partial charge in [-0.3, -0.25) is 9.52 Å². The molecule has 0 saturated heterocycles. The number of aryl methyl sites for hydroxylation is 1. The molecule has 2 aromatic heterocycles. The summed E-state index contributed by atoms with van der Waals surface area (Å²) in [5.41, 5.74) is 2.80. The Kier molecular flexibility index (Phi) is 5.58. The van der Waals surface area contributed by atoms with Gasteiger partial charge in [0.05, 0.1) is 18.1 Å². The van der Waals surface area contributed by atoms with E-state index >= 15 is 0 Å². The molecule has 9 nitrogen and oxygen atoms in total. The Labute approximate surface area is 196 Å². The number of nitrogens with one attached hydrogen (secondary N) is 2. The topological polar surface area (TPSA) is 111 Å². The number of amides is 1. The van der Waals surface area contributed by atoms with Crippen LogP contribution in [0.2, 0.25) is 0 Å². The Balaban J connectivity index is 1.28. The van der Waals surface area contributed by atoms with E-state index in [0.717, 1.165) is 12.1 Å². The van der Waals surface area contributed by atoms with Crippen LogP contribution in [0.5, 0.6) is 11.5 Å². The molecule has 0 unspecified atom stereocenters. The zero-order valence-electron chi connectivity index (χ0n) is 18.3. The second-order valence-electron chi connectivity index (χ2n) is 7.82. The first-order valence-corrected chi connectivity index (χ1v) is 12.2. The third-order valence-electron chi connectivity index (χ3n) is 5.35. The van der Waals surface area contributed by atoms with Crippen molar-refractivity contribution in [1.29, 1.82) is 0 Å². The summed E-state index contributed by atoms with van der Waals surface area (Å²) < 4.78 is 41.2. The summed E-state index contributed by atoms with van der Waals surface area (Å²) in [6.45, 7) is 2.92. The molecule has 1 amide bonds. The van der Waals surface area contributed by atoms with Crippen molar-refractivity contribution in [3.05, 3.63) is 78.2 Å². The van der Waals surface area contributed by atoms with Gasteiger partial charge in [-0.2, -0.15) is 0 Å². The van der Waals surface area contributed by atoms with Crippen molar-refractivity contribution < 1.29 is 22.7 Å². The molecule has 0 aliphatic carbocycles. The Bertz CT molecular complexity index is 1480. The molecule has 4 aromatic rings. The van der Waals surface area contributed by atoms with Gasteiger partial charge in [0.25, 0.3) is 15.9 Å². The highest BCUT2D eigenvalue weighted by atomic mass is 32.2. The summed E-state index contributed by atoms with van der Waals surface area (Å²) in [5, 5.41) is 2.78. The number of imidazole rings is 1. The van der Waals surface area contributed by atoms with Gasteiger partial charge in [-0.1, -0.05) is 6.07 Å². The van der Waals surface area contributed by atoms with Gasteiger partial charge in [-0.25, -0.2) is 13.4 Å². The number of rotatable bonds is 5. The number of hydrogen-bond donors (Lipinski definition) is 2. The van der Waals surface area contributed by atoms with E-state index in [1.807, 2.05) is 29.5 Å². The number of carbonyl (C=O) groups is 1. The van der Waals surface area contributed by atoms with Crippen LogP contribution in [0.1, 0.15) is 22.6 Å². The fourth-order valence-electron chi connectivity index (χ4n) is 3.60. The smallest absolute Gasteiger partial charge is 0.275 e. The molecule has 10 heteroatoms. The van der Waals surface area contributed by atoms with Crippen molar-refractivity contribution >= 4 is 33.0 Å². The molecule has 174 valence electrons. The number of hydrogen-bond acceptors (Lipinski definition) is 6. The Morgan fingerprint density at radius 2 is 1.71 bits per heavy atom. The van der Waals surface area contributed by atoms with Gasteiger partial charge in [0.15, 0.2) is 11.5 Å². The second kappa shape index (κ2) is 8.71. The summed E-state index contributed by atoms with van der Waals surface area (Å²) in [6.07, 6.45) is 2.41. The minimum absolute atomic E-state index is 0.0660. The van der Waals surface area contributed by atoms with Crippen LogP contribution in [0.3, 0.4) is 0 Å². The molecule has 0 fully saturated rings. The van der Waals surface area contributed by atoms with E-state index in [1.165, 1.54) is 12.1 Å². The number of fused-ring (bicyclic) bond motifs is 2. The van der Waals surface area contributed by atoms with Crippen molar-refractivity contribution in [3.63, 3.8) is 0 Å². The van der Waals surface area contributed by atoms with Gasteiger partial charge >= 0.3 is 0 Å². The normalized spacial score (nSPS) is 13.3. The summed E-state index contributed by atoms with van der Waals surface area (Å²) >= 11 is 0. The molecule has 34 heavy (non-hydrogen) atoms. The molecule has 1 aliphatic heterocycles. The van der Waals surface area contributed by atoms with Crippen LogP contribution >= 0.6 is 0 Å². The first-order valence-electron chi connectivity index (χ1n) is 10.7. The maximum Gasteiger partial charge on any atom is 0.275 e. The number of carbonyl (C=O) groups excluding carboxylic acids is 1. The molecule has 3 heterocycles. The quantitative estimate of drug-likeness (QED) is 0.451. The first kappa shape index (κ1) is 21.8. The lowest BCUT2D eigenvalue weighted by molar-refractivity contribution is 0.102. The second-order valence-corrected chi connectivity index (χ2v) is 9.50. The summed E-state index contributed by atoms with van der Waals surface area (Å²) in [6, 6.07) is 16.5. The number of anilines is 2. The Morgan fingerprint density at radius 1 is 0.971 bits per heavy atom. The minimum atomic E-state index is -3.84. The van der Waals surface area contributed by atoms with E-state index in [0.29, 0.717) is 41.7 Å². The van der Waals surface area contributed by atoms with Crippen molar-refractivity contribution in [2.75, 3.05) is 23.3 Å². The Hall–Kier alpha value is -4.05. The van der Waals surface area contributed by atoms with Crippen LogP contribution in [0.15, 0.2) is 71.8 Å². The molecule has 0 saturated carbocycles. The van der Waals surface area contributed by atoms with E-state index in [9.17, 15) is 13.2 Å². The third-order valence-corrected chi connectivity index (χ3v) is 6.73. The van der Waals surface area contributed by atoms with Gasteiger partial charge in [0.1, 0.15) is 11.3 Å². The molecule has 2 aromatic carbocycles. The van der Waals surface area contributed by atoms with Crippen LogP contribution in [0, 0.1) is 6.92 Å². The van der Waals surface area contributed by atoms with E-state index in [4.69, 9.17) is 9.47 Å². The third kappa shape index (κ3) is 4.40. The highest BCUT2D eigenvalue weighted by Crippen LogP contribution is 2.32. The van der Waals surface area contributed by atoms with Gasteiger partial charge in [0, 0.05) is 35.8 Å². The van der Waals surface area contributed by atoms with E-state index in [-0.39, 0.29) is 16.5 Å². The number of aromatic nitrogens is 2. The number of sulfonamides is 1. The van der Waals surface area contributed by atoms with Crippen LogP contribution in [-0.2, 0) is 10.0 Å². The van der Waals surface area contributed by atoms with Gasteiger partial charge < -0.3 is 19.2 Å². The fraction of sp³-hybridized carbons (Fsp3) is 0.167. The number of nitrogens with zero attached hydrogens (tertiary/aromatic N) is 2. The van der Waals surface area contributed by atoms with Crippen molar-refractivity contribution in [3.8, 4) is 11.5 Å². The maximum absolute atomic E-state index is 12.8. The Morgan fingerprint density at radius 3 is 2.47 bits per heavy atom. The van der Waals surface area contributed by atoms with E-state index in [2.05, 4.69) is 15.0 Å². The van der Waals surface area contributed by atoms with E-state index < -0.39 is 10.0 Å². The molecule has 0 spiro atoms. The number of benzene rings is 2.